The zero-order chi connectivity index (χ0) is 14.2. The molecule has 0 bridgehead atoms. The highest BCUT2D eigenvalue weighted by molar-refractivity contribution is 5.99. The van der Waals surface area contributed by atoms with Crippen molar-refractivity contribution in [1.29, 1.82) is 0 Å². The van der Waals surface area contributed by atoms with Crippen molar-refractivity contribution in [3.8, 4) is 0 Å². The molecule has 0 saturated heterocycles. The van der Waals surface area contributed by atoms with Crippen molar-refractivity contribution in [2.45, 2.75) is 6.42 Å². The van der Waals surface area contributed by atoms with Gasteiger partial charge in [-0.05, 0) is 24.6 Å². The van der Waals surface area contributed by atoms with Crippen LogP contribution in [0.4, 0.5) is 10.1 Å². The number of carboxylic acids is 2. The third-order valence-corrected chi connectivity index (χ3v) is 2.92. The first-order valence-corrected chi connectivity index (χ1v) is 5.46. The van der Waals surface area contributed by atoms with E-state index in [-0.39, 0.29) is 17.7 Å². The molecule has 1 fully saturated rings. The van der Waals surface area contributed by atoms with Crippen LogP contribution in [0.1, 0.15) is 16.8 Å². The minimum absolute atomic E-state index is 0.165. The standard InChI is InChI=1S/C12H10FNO5/c13-8-2-1-5(11(16)17)3-9(8)14-10(15)6-4-7(6)12(18)19/h1-3,6-7H,4H2,(H,14,15)(H,16,17)(H,18,19). The van der Waals surface area contributed by atoms with Gasteiger partial charge in [0.15, 0.2) is 0 Å². The van der Waals surface area contributed by atoms with Crippen LogP contribution in [0.25, 0.3) is 0 Å². The number of anilines is 1. The number of nitrogens with one attached hydrogen (secondary N) is 1. The smallest absolute Gasteiger partial charge is 0.335 e. The van der Waals surface area contributed by atoms with Crippen molar-refractivity contribution in [2.75, 3.05) is 5.32 Å². The largest absolute Gasteiger partial charge is 0.481 e. The van der Waals surface area contributed by atoms with Gasteiger partial charge < -0.3 is 15.5 Å². The number of amides is 1. The van der Waals surface area contributed by atoms with E-state index in [9.17, 15) is 18.8 Å². The molecule has 1 aliphatic carbocycles. The molecule has 1 aromatic rings. The molecular weight excluding hydrogens is 257 g/mol. The second kappa shape index (κ2) is 4.68. The summed E-state index contributed by atoms with van der Waals surface area (Å²) < 4.78 is 13.4. The van der Waals surface area contributed by atoms with Crippen LogP contribution in [0.3, 0.4) is 0 Å². The Labute approximate surface area is 106 Å². The zero-order valence-corrected chi connectivity index (χ0v) is 9.59. The van der Waals surface area contributed by atoms with Crippen LogP contribution in [0, 0.1) is 17.7 Å². The molecular formula is C12H10FNO5. The molecule has 3 N–H and O–H groups in total. The van der Waals surface area contributed by atoms with E-state index in [1.807, 2.05) is 0 Å². The Morgan fingerprint density at radius 2 is 1.89 bits per heavy atom. The topological polar surface area (TPSA) is 104 Å². The number of carbonyl (C=O) groups is 3. The number of rotatable bonds is 4. The fraction of sp³-hybridized carbons (Fsp3) is 0.250. The minimum atomic E-state index is -1.25. The van der Waals surface area contributed by atoms with Gasteiger partial charge in [-0.1, -0.05) is 0 Å². The normalized spacial score (nSPS) is 20.7. The van der Waals surface area contributed by atoms with Crippen LogP contribution in [-0.4, -0.2) is 28.1 Å². The number of benzene rings is 1. The van der Waals surface area contributed by atoms with Gasteiger partial charge in [0.1, 0.15) is 5.82 Å². The molecule has 0 aromatic heterocycles. The van der Waals surface area contributed by atoms with Crippen LogP contribution < -0.4 is 5.32 Å². The Morgan fingerprint density at radius 3 is 2.42 bits per heavy atom. The first-order chi connectivity index (χ1) is 8.90. The third-order valence-electron chi connectivity index (χ3n) is 2.92. The van der Waals surface area contributed by atoms with Crippen LogP contribution in [0.5, 0.6) is 0 Å². The number of aliphatic carboxylic acids is 1. The Morgan fingerprint density at radius 1 is 1.21 bits per heavy atom. The first-order valence-electron chi connectivity index (χ1n) is 5.46. The monoisotopic (exact) mass is 267 g/mol. The quantitative estimate of drug-likeness (QED) is 0.760. The highest BCUT2D eigenvalue weighted by Crippen LogP contribution is 2.39. The molecule has 19 heavy (non-hydrogen) atoms. The molecule has 1 aromatic carbocycles. The van der Waals surface area contributed by atoms with Gasteiger partial charge in [-0.25, -0.2) is 9.18 Å². The Hall–Kier alpha value is -2.44. The van der Waals surface area contributed by atoms with Crippen molar-refractivity contribution >= 4 is 23.5 Å². The van der Waals surface area contributed by atoms with Crippen molar-refractivity contribution in [3.63, 3.8) is 0 Å². The Balaban J connectivity index is 2.11. The van der Waals surface area contributed by atoms with Crippen molar-refractivity contribution < 1.29 is 29.0 Å². The Kier molecular flexibility index (Phi) is 3.20. The Bertz CT molecular complexity index is 571. The van der Waals surface area contributed by atoms with Crippen LogP contribution in [0.15, 0.2) is 18.2 Å². The molecule has 0 radical (unpaired) electrons. The van der Waals surface area contributed by atoms with Gasteiger partial charge in [-0.3, -0.25) is 9.59 Å². The first kappa shape index (κ1) is 13.0. The number of halogens is 1. The lowest BCUT2D eigenvalue weighted by atomic mass is 10.2. The maximum atomic E-state index is 13.4. The van der Waals surface area contributed by atoms with Gasteiger partial charge in [-0.2, -0.15) is 0 Å². The average Bonchev–Trinajstić information content (AvgIpc) is 3.11. The minimum Gasteiger partial charge on any atom is -0.481 e. The van der Waals surface area contributed by atoms with Gasteiger partial charge in [0.05, 0.1) is 23.1 Å². The molecule has 2 rings (SSSR count). The van der Waals surface area contributed by atoms with Gasteiger partial charge in [0.2, 0.25) is 5.91 Å². The summed E-state index contributed by atoms with van der Waals surface area (Å²) in [5.74, 6) is -5.14. The van der Waals surface area contributed by atoms with E-state index < -0.39 is 35.5 Å². The van der Waals surface area contributed by atoms with Crippen molar-refractivity contribution in [3.05, 3.63) is 29.6 Å². The highest BCUT2D eigenvalue weighted by Gasteiger charge is 2.48. The molecule has 100 valence electrons. The maximum absolute atomic E-state index is 13.4. The molecule has 2 atom stereocenters. The number of carbonyl (C=O) groups excluding carboxylic acids is 1. The van der Waals surface area contributed by atoms with Gasteiger partial charge in [0, 0.05) is 0 Å². The molecule has 1 saturated carbocycles. The number of carboxylic acid groups (broad SMARTS) is 2. The van der Waals surface area contributed by atoms with E-state index in [1.165, 1.54) is 0 Å². The van der Waals surface area contributed by atoms with Crippen LogP contribution in [0.2, 0.25) is 0 Å². The molecule has 6 nitrogen and oxygen atoms in total. The van der Waals surface area contributed by atoms with E-state index >= 15 is 0 Å². The molecule has 1 amide bonds. The predicted molar refractivity (Wildman–Crippen MR) is 61.2 cm³/mol. The maximum Gasteiger partial charge on any atom is 0.335 e. The summed E-state index contributed by atoms with van der Waals surface area (Å²) in [6, 6.07) is 3.00. The van der Waals surface area contributed by atoms with Gasteiger partial charge in [0.25, 0.3) is 0 Å². The summed E-state index contributed by atoms with van der Waals surface area (Å²) in [6.07, 6.45) is 0.210. The lowest BCUT2D eigenvalue weighted by Gasteiger charge is -2.06. The summed E-state index contributed by atoms with van der Waals surface area (Å²) >= 11 is 0. The molecule has 1 aliphatic rings. The molecule has 7 heteroatoms. The lowest BCUT2D eigenvalue weighted by molar-refractivity contribution is -0.139. The van der Waals surface area contributed by atoms with E-state index in [4.69, 9.17) is 10.2 Å². The summed E-state index contributed by atoms with van der Waals surface area (Å²) in [6.45, 7) is 0. The summed E-state index contributed by atoms with van der Waals surface area (Å²) in [5, 5.41) is 19.6. The summed E-state index contributed by atoms with van der Waals surface area (Å²) in [7, 11) is 0. The summed E-state index contributed by atoms with van der Waals surface area (Å²) in [5.41, 5.74) is -0.428. The average molecular weight is 267 g/mol. The van der Waals surface area contributed by atoms with Crippen molar-refractivity contribution in [1.82, 2.24) is 0 Å². The van der Waals surface area contributed by atoms with Crippen LogP contribution >= 0.6 is 0 Å². The van der Waals surface area contributed by atoms with E-state index in [0.29, 0.717) is 0 Å². The van der Waals surface area contributed by atoms with E-state index in [1.54, 1.807) is 0 Å². The predicted octanol–water partition coefficient (Wildman–Crippen LogP) is 1.18. The SMILES string of the molecule is O=C(O)c1ccc(F)c(NC(=O)C2CC2C(=O)O)c1. The summed E-state index contributed by atoms with van der Waals surface area (Å²) in [4.78, 5) is 33.0. The van der Waals surface area contributed by atoms with E-state index in [0.717, 1.165) is 18.2 Å². The molecule has 0 spiro atoms. The number of hydrogen-bond donors (Lipinski definition) is 3. The molecule has 0 heterocycles. The van der Waals surface area contributed by atoms with E-state index in [2.05, 4.69) is 5.32 Å². The van der Waals surface area contributed by atoms with Gasteiger partial charge in [-0.15, -0.1) is 0 Å². The third kappa shape index (κ3) is 2.70. The second-order valence-corrected chi connectivity index (χ2v) is 4.28. The number of hydrogen-bond acceptors (Lipinski definition) is 3. The van der Waals surface area contributed by atoms with Gasteiger partial charge >= 0.3 is 11.9 Å². The lowest BCUT2D eigenvalue weighted by Crippen LogP contribution is -2.18. The second-order valence-electron chi connectivity index (χ2n) is 4.28. The fourth-order valence-electron chi connectivity index (χ4n) is 1.74. The van der Waals surface area contributed by atoms with Crippen LogP contribution in [-0.2, 0) is 9.59 Å². The molecule has 0 aliphatic heterocycles. The highest BCUT2D eigenvalue weighted by atomic mass is 19.1. The zero-order valence-electron chi connectivity index (χ0n) is 9.59. The molecule has 2 unspecified atom stereocenters. The fourth-order valence-corrected chi connectivity index (χ4v) is 1.74. The van der Waals surface area contributed by atoms with Crippen molar-refractivity contribution in [2.24, 2.45) is 11.8 Å². The number of aromatic carboxylic acids is 1.